The van der Waals surface area contributed by atoms with Gasteiger partial charge in [0.25, 0.3) is 15.9 Å². The molecule has 2 N–H and O–H groups in total. The molecule has 0 fully saturated rings. The van der Waals surface area contributed by atoms with Crippen molar-refractivity contribution in [3.63, 3.8) is 0 Å². The molecule has 9 heteroatoms. The van der Waals surface area contributed by atoms with Gasteiger partial charge in [0.15, 0.2) is 0 Å². The predicted molar refractivity (Wildman–Crippen MR) is 126 cm³/mol. The van der Waals surface area contributed by atoms with Gasteiger partial charge in [0.2, 0.25) is 0 Å². The van der Waals surface area contributed by atoms with Crippen LogP contribution < -0.4 is 14.8 Å². The SMILES string of the molecule is CCCOc1ccc(/C=C(\C#N)C(=O)Nc2ccc(S(=O)(=O)Nc3ccccn3)cc2)cc1. The van der Waals surface area contributed by atoms with Gasteiger partial charge in [-0.3, -0.25) is 9.52 Å². The minimum Gasteiger partial charge on any atom is -0.494 e. The Morgan fingerprint density at radius 2 is 1.82 bits per heavy atom. The number of carbonyl (C=O) groups excluding carboxylic acids is 1. The lowest BCUT2D eigenvalue weighted by molar-refractivity contribution is -0.112. The molecule has 0 aliphatic heterocycles. The smallest absolute Gasteiger partial charge is 0.266 e. The van der Waals surface area contributed by atoms with Crippen LogP contribution in [0.15, 0.2) is 83.4 Å². The molecule has 3 aromatic rings. The van der Waals surface area contributed by atoms with Crippen LogP contribution in [0.3, 0.4) is 0 Å². The summed E-state index contributed by atoms with van der Waals surface area (Å²) in [6, 6.07) is 19.4. The molecule has 0 saturated heterocycles. The zero-order chi connectivity index (χ0) is 23.7. The molecule has 0 bridgehead atoms. The fraction of sp³-hybridized carbons (Fsp3) is 0.125. The van der Waals surface area contributed by atoms with E-state index >= 15 is 0 Å². The van der Waals surface area contributed by atoms with Gasteiger partial charge in [-0.15, -0.1) is 0 Å². The van der Waals surface area contributed by atoms with Crippen LogP contribution in [0.25, 0.3) is 6.08 Å². The number of pyridine rings is 1. The maximum absolute atomic E-state index is 12.5. The number of carbonyl (C=O) groups is 1. The average molecular weight is 463 g/mol. The number of sulfonamides is 1. The van der Waals surface area contributed by atoms with Crippen molar-refractivity contribution in [2.24, 2.45) is 0 Å². The summed E-state index contributed by atoms with van der Waals surface area (Å²) >= 11 is 0. The molecule has 1 heterocycles. The third-order valence-corrected chi connectivity index (χ3v) is 5.73. The van der Waals surface area contributed by atoms with Crippen molar-refractivity contribution in [3.05, 3.63) is 84.1 Å². The molecule has 0 saturated carbocycles. The molecule has 0 unspecified atom stereocenters. The second kappa shape index (κ2) is 10.9. The van der Waals surface area contributed by atoms with E-state index in [4.69, 9.17) is 4.74 Å². The number of nitrogens with zero attached hydrogens (tertiary/aromatic N) is 2. The van der Waals surface area contributed by atoms with Gasteiger partial charge < -0.3 is 10.1 Å². The lowest BCUT2D eigenvalue weighted by Gasteiger charge is -2.09. The fourth-order valence-corrected chi connectivity index (χ4v) is 3.74. The quantitative estimate of drug-likeness (QED) is 0.363. The summed E-state index contributed by atoms with van der Waals surface area (Å²) in [5.41, 5.74) is 0.930. The van der Waals surface area contributed by atoms with Gasteiger partial charge in [-0.05, 0) is 66.6 Å². The van der Waals surface area contributed by atoms with Crippen molar-refractivity contribution in [3.8, 4) is 11.8 Å². The number of rotatable bonds is 9. The zero-order valence-corrected chi connectivity index (χ0v) is 18.7. The van der Waals surface area contributed by atoms with Crippen LogP contribution in [-0.4, -0.2) is 25.9 Å². The van der Waals surface area contributed by atoms with E-state index in [-0.39, 0.29) is 16.3 Å². The van der Waals surface area contributed by atoms with Gasteiger partial charge >= 0.3 is 0 Å². The molecule has 1 amide bonds. The van der Waals surface area contributed by atoms with Gasteiger partial charge in [-0.25, -0.2) is 13.4 Å². The second-order valence-corrected chi connectivity index (χ2v) is 8.57. The van der Waals surface area contributed by atoms with Crippen LogP contribution in [0.5, 0.6) is 5.75 Å². The Bertz CT molecular complexity index is 1260. The Kier molecular flexibility index (Phi) is 7.78. The second-order valence-electron chi connectivity index (χ2n) is 6.89. The molecule has 33 heavy (non-hydrogen) atoms. The lowest BCUT2D eigenvalue weighted by atomic mass is 10.1. The Morgan fingerprint density at radius 1 is 1.09 bits per heavy atom. The number of nitriles is 1. The number of ether oxygens (including phenoxy) is 1. The number of anilines is 2. The minimum atomic E-state index is -3.83. The minimum absolute atomic E-state index is 0.00702. The predicted octanol–water partition coefficient (Wildman–Crippen LogP) is 4.22. The standard InChI is InChI=1S/C24H22N4O4S/c1-2-15-32-21-10-6-18(7-11-21)16-19(17-25)24(29)27-20-8-12-22(13-9-20)33(30,31)28-23-5-3-4-14-26-23/h3-14,16H,2,15H2,1H3,(H,26,28)(H,27,29)/b19-16+. The normalized spacial score (nSPS) is 11.3. The number of hydrogen-bond donors (Lipinski definition) is 2. The first-order valence-corrected chi connectivity index (χ1v) is 11.6. The summed E-state index contributed by atoms with van der Waals surface area (Å²) < 4.78 is 32.8. The van der Waals surface area contributed by atoms with E-state index in [1.807, 2.05) is 13.0 Å². The molecule has 2 aromatic carbocycles. The molecule has 0 radical (unpaired) electrons. The molecule has 3 rings (SSSR count). The molecule has 0 spiro atoms. The summed E-state index contributed by atoms with van der Waals surface area (Å²) in [7, 11) is -3.83. The van der Waals surface area contributed by atoms with Crippen LogP contribution in [0.1, 0.15) is 18.9 Å². The first-order valence-electron chi connectivity index (χ1n) is 10.1. The summed E-state index contributed by atoms with van der Waals surface area (Å²) in [6.45, 7) is 2.63. The number of amides is 1. The monoisotopic (exact) mass is 462 g/mol. The molecule has 1 aromatic heterocycles. The highest BCUT2D eigenvalue weighted by Gasteiger charge is 2.15. The van der Waals surface area contributed by atoms with Crippen molar-refractivity contribution < 1.29 is 17.9 Å². The summed E-state index contributed by atoms with van der Waals surface area (Å²) in [6.07, 6.45) is 3.84. The first-order chi connectivity index (χ1) is 15.9. The molecular formula is C24H22N4O4S. The van der Waals surface area contributed by atoms with E-state index < -0.39 is 15.9 Å². The van der Waals surface area contributed by atoms with Gasteiger partial charge in [0, 0.05) is 11.9 Å². The average Bonchev–Trinajstić information content (AvgIpc) is 2.82. The van der Waals surface area contributed by atoms with Crippen LogP contribution >= 0.6 is 0 Å². The Morgan fingerprint density at radius 3 is 2.42 bits per heavy atom. The first kappa shape index (κ1) is 23.5. The Hall–Kier alpha value is -4.16. The number of aromatic nitrogens is 1. The molecule has 0 aliphatic rings. The van der Waals surface area contributed by atoms with Crippen molar-refractivity contribution in [1.82, 2.24) is 4.98 Å². The highest BCUT2D eigenvalue weighted by atomic mass is 32.2. The molecule has 0 aliphatic carbocycles. The third kappa shape index (κ3) is 6.66. The van der Waals surface area contributed by atoms with E-state index in [0.717, 1.165) is 6.42 Å². The summed E-state index contributed by atoms with van der Waals surface area (Å²) in [4.78, 5) is 16.5. The van der Waals surface area contributed by atoms with E-state index in [9.17, 15) is 18.5 Å². The van der Waals surface area contributed by atoms with E-state index in [0.29, 0.717) is 23.6 Å². The Balaban J connectivity index is 1.67. The maximum Gasteiger partial charge on any atom is 0.266 e. The van der Waals surface area contributed by atoms with Crippen molar-refractivity contribution in [2.45, 2.75) is 18.2 Å². The molecule has 168 valence electrons. The van der Waals surface area contributed by atoms with E-state index in [2.05, 4.69) is 15.0 Å². The van der Waals surface area contributed by atoms with E-state index in [1.165, 1.54) is 42.6 Å². The largest absolute Gasteiger partial charge is 0.494 e. The Labute approximate surface area is 192 Å². The van der Waals surface area contributed by atoms with Crippen molar-refractivity contribution in [2.75, 3.05) is 16.6 Å². The van der Waals surface area contributed by atoms with Crippen LogP contribution in [0.2, 0.25) is 0 Å². The highest BCUT2D eigenvalue weighted by Crippen LogP contribution is 2.19. The third-order valence-electron chi connectivity index (χ3n) is 4.36. The van der Waals surface area contributed by atoms with Gasteiger partial charge in [0.05, 0.1) is 11.5 Å². The van der Waals surface area contributed by atoms with Gasteiger partial charge in [0.1, 0.15) is 23.2 Å². The van der Waals surface area contributed by atoms with Crippen molar-refractivity contribution in [1.29, 1.82) is 5.26 Å². The topological polar surface area (TPSA) is 121 Å². The number of nitrogens with one attached hydrogen (secondary N) is 2. The summed E-state index contributed by atoms with van der Waals surface area (Å²) in [5.74, 6) is 0.305. The van der Waals surface area contributed by atoms with Crippen molar-refractivity contribution >= 4 is 33.5 Å². The van der Waals surface area contributed by atoms with Gasteiger partial charge in [-0.1, -0.05) is 25.1 Å². The van der Waals surface area contributed by atoms with E-state index in [1.54, 1.807) is 36.4 Å². The molecular weight excluding hydrogens is 440 g/mol. The van der Waals surface area contributed by atoms with Crippen LogP contribution in [-0.2, 0) is 14.8 Å². The molecule has 0 atom stereocenters. The number of hydrogen-bond acceptors (Lipinski definition) is 6. The lowest BCUT2D eigenvalue weighted by Crippen LogP contribution is -2.15. The maximum atomic E-state index is 12.5. The van der Waals surface area contributed by atoms with Gasteiger partial charge in [-0.2, -0.15) is 5.26 Å². The molecule has 8 nitrogen and oxygen atoms in total. The highest BCUT2D eigenvalue weighted by molar-refractivity contribution is 7.92. The van der Waals surface area contributed by atoms with Crippen LogP contribution in [0, 0.1) is 11.3 Å². The summed E-state index contributed by atoms with van der Waals surface area (Å²) in [5, 5.41) is 12.0. The fourth-order valence-electron chi connectivity index (χ4n) is 2.73. The zero-order valence-electron chi connectivity index (χ0n) is 17.9. The van der Waals surface area contributed by atoms with Crippen LogP contribution in [0.4, 0.5) is 11.5 Å². The number of benzene rings is 2.